The van der Waals surface area contributed by atoms with Crippen molar-refractivity contribution in [3.63, 3.8) is 0 Å². The molecule has 7 heteroatoms. The van der Waals surface area contributed by atoms with E-state index in [-0.39, 0.29) is 17.2 Å². The fourth-order valence-corrected chi connectivity index (χ4v) is 1.64. The first-order valence-corrected chi connectivity index (χ1v) is 5.51. The van der Waals surface area contributed by atoms with Crippen LogP contribution in [0.2, 0.25) is 0 Å². The Morgan fingerprint density at radius 2 is 1.84 bits per heavy atom. The van der Waals surface area contributed by atoms with Gasteiger partial charge in [0.2, 0.25) is 0 Å². The molecule has 0 aromatic heterocycles. The number of hydrogen-bond acceptors (Lipinski definition) is 3. The van der Waals surface area contributed by atoms with Crippen molar-refractivity contribution >= 4 is 17.3 Å². The molecule has 0 saturated carbocycles. The van der Waals surface area contributed by atoms with Crippen molar-refractivity contribution in [2.45, 2.75) is 6.18 Å². The maximum absolute atomic E-state index is 12.4. The van der Waals surface area contributed by atoms with Crippen LogP contribution in [0.3, 0.4) is 0 Å². The first-order chi connectivity index (χ1) is 8.61. The summed E-state index contributed by atoms with van der Waals surface area (Å²) in [5.41, 5.74) is 6.23. The summed E-state index contributed by atoms with van der Waals surface area (Å²) in [6, 6.07) is 4.28. The van der Waals surface area contributed by atoms with Gasteiger partial charge in [-0.3, -0.25) is 4.79 Å². The van der Waals surface area contributed by atoms with Crippen LogP contribution < -0.4 is 10.6 Å². The molecule has 0 bridgehead atoms. The summed E-state index contributed by atoms with van der Waals surface area (Å²) >= 11 is 0. The van der Waals surface area contributed by atoms with E-state index in [1.807, 2.05) is 0 Å². The molecule has 0 radical (unpaired) electrons. The molecule has 0 atom stereocenters. The Labute approximate surface area is 109 Å². The van der Waals surface area contributed by atoms with Crippen LogP contribution >= 0.6 is 0 Å². The van der Waals surface area contributed by atoms with Crippen molar-refractivity contribution in [3.8, 4) is 0 Å². The van der Waals surface area contributed by atoms with Crippen LogP contribution in [0.25, 0.3) is 0 Å². The van der Waals surface area contributed by atoms with E-state index in [2.05, 4.69) is 0 Å². The third-order valence-corrected chi connectivity index (χ3v) is 2.49. The predicted molar refractivity (Wildman–Crippen MR) is 68.2 cm³/mol. The number of halogens is 3. The Morgan fingerprint density at radius 1 is 1.26 bits per heavy atom. The number of alkyl halides is 3. The van der Waals surface area contributed by atoms with E-state index in [1.165, 1.54) is 44.2 Å². The smallest absolute Gasteiger partial charge is 0.399 e. The van der Waals surface area contributed by atoms with Crippen molar-refractivity contribution in [1.29, 1.82) is 0 Å². The van der Waals surface area contributed by atoms with Gasteiger partial charge >= 0.3 is 6.18 Å². The normalized spacial score (nSPS) is 11.3. The van der Waals surface area contributed by atoms with Crippen molar-refractivity contribution in [2.75, 3.05) is 38.3 Å². The van der Waals surface area contributed by atoms with E-state index in [1.54, 1.807) is 0 Å². The van der Waals surface area contributed by atoms with Crippen LogP contribution in [-0.4, -0.2) is 44.7 Å². The van der Waals surface area contributed by atoms with E-state index in [9.17, 15) is 18.0 Å². The highest BCUT2D eigenvalue weighted by Gasteiger charge is 2.30. The number of nitrogens with two attached hydrogens (primary N) is 1. The summed E-state index contributed by atoms with van der Waals surface area (Å²) in [5, 5.41) is 0. The number of carbonyl (C=O) groups is 1. The predicted octanol–water partition coefficient (Wildman–Crippen LogP) is 1.97. The topological polar surface area (TPSA) is 49.6 Å². The SMILES string of the molecule is CN(C)C(=O)c1ccc(N)cc1N(C)CC(F)(F)F. The highest BCUT2D eigenvalue weighted by molar-refractivity contribution is 6.00. The van der Waals surface area contributed by atoms with Gasteiger partial charge in [0.25, 0.3) is 5.91 Å². The lowest BCUT2D eigenvalue weighted by atomic mass is 10.1. The molecular weight excluding hydrogens is 259 g/mol. The number of hydrogen-bond donors (Lipinski definition) is 1. The summed E-state index contributed by atoms with van der Waals surface area (Å²) in [4.78, 5) is 14.2. The Morgan fingerprint density at radius 3 is 2.32 bits per heavy atom. The summed E-state index contributed by atoms with van der Waals surface area (Å²) in [6.45, 7) is -1.15. The molecule has 19 heavy (non-hydrogen) atoms. The van der Waals surface area contributed by atoms with Crippen LogP contribution in [0.1, 0.15) is 10.4 Å². The molecular formula is C12H16F3N3O. The molecule has 0 heterocycles. The number of carbonyl (C=O) groups excluding carboxylic acids is 1. The van der Waals surface area contributed by atoms with Crippen LogP contribution in [0.4, 0.5) is 24.5 Å². The molecule has 0 unspecified atom stereocenters. The molecule has 0 fully saturated rings. The van der Waals surface area contributed by atoms with Crippen LogP contribution in [-0.2, 0) is 0 Å². The first kappa shape index (κ1) is 15.1. The molecule has 0 spiro atoms. The molecule has 2 N–H and O–H groups in total. The molecule has 0 aliphatic heterocycles. The number of benzene rings is 1. The molecule has 106 valence electrons. The van der Waals surface area contributed by atoms with Gasteiger partial charge in [-0.1, -0.05) is 0 Å². The maximum Gasteiger partial charge on any atom is 0.405 e. The van der Waals surface area contributed by atoms with Gasteiger partial charge in [-0.25, -0.2) is 0 Å². The highest BCUT2D eigenvalue weighted by atomic mass is 19.4. The highest BCUT2D eigenvalue weighted by Crippen LogP contribution is 2.26. The average molecular weight is 275 g/mol. The van der Waals surface area contributed by atoms with Gasteiger partial charge in [0.15, 0.2) is 0 Å². The van der Waals surface area contributed by atoms with Crippen LogP contribution in [0.15, 0.2) is 18.2 Å². The zero-order valence-corrected chi connectivity index (χ0v) is 11.0. The molecule has 4 nitrogen and oxygen atoms in total. The molecule has 1 aromatic rings. The molecule has 0 saturated heterocycles. The zero-order chi connectivity index (χ0) is 14.8. The summed E-state index contributed by atoms with van der Waals surface area (Å²) < 4.78 is 37.2. The van der Waals surface area contributed by atoms with Crippen LogP contribution in [0, 0.1) is 0 Å². The lowest BCUT2D eigenvalue weighted by Crippen LogP contribution is -2.33. The largest absolute Gasteiger partial charge is 0.405 e. The standard InChI is InChI=1S/C12H16F3N3O/c1-17(2)11(19)9-5-4-8(16)6-10(9)18(3)7-12(13,14)15/h4-6H,7,16H2,1-3H3. The Hall–Kier alpha value is -1.92. The van der Waals surface area contributed by atoms with Gasteiger partial charge in [-0.05, 0) is 18.2 Å². The minimum atomic E-state index is -4.35. The number of nitrogens with zero attached hydrogens (tertiary/aromatic N) is 2. The average Bonchev–Trinajstić information content (AvgIpc) is 2.25. The van der Waals surface area contributed by atoms with Gasteiger partial charge < -0.3 is 15.5 Å². The third-order valence-electron chi connectivity index (χ3n) is 2.49. The Kier molecular flexibility index (Phi) is 4.28. The molecule has 1 amide bonds. The fraction of sp³-hybridized carbons (Fsp3) is 0.417. The third kappa shape index (κ3) is 4.04. The lowest BCUT2D eigenvalue weighted by Gasteiger charge is -2.24. The van der Waals surface area contributed by atoms with E-state index in [4.69, 9.17) is 5.73 Å². The monoisotopic (exact) mass is 275 g/mol. The summed E-state index contributed by atoms with van der Waals surface area (Å²) in [5.74, 6) is -0.371. The van der Waals surface area contributed by atoms with E-state index >= 15 is 0 Å². The van der Waals surface area contributed by atoms with Crippen molar-refractivity contribution < 1.29 is 18.0 Å². The maximum atomic E-state index is 12.4. The molecule has 0 aliphatic carbocycles. The van der Waals surface area contributed by atoms with Crippen LogP contribution in [0.5, 0.6) is 0 Å². The number of rotatable bonds is 3. The zero-order valence-electron chi connectivity index (χ0n) is 11.0. The number of anilines is 2. The fourth-order valence-electron chi connectivity index (χ4n) is 1.64. The minimum Gasteiger partial charge on any atom is -0.399 e. The second-order valence-electron chi connectivity index (χ2n) is 4.45. The Balaban J connectivity index is 3.17. The van der Waals surface area contributed by atoms with Gasteiger partial charge in [0.1, 0.15) is 6.54 Å². The van der Waals surface area contributed by atoms with E-state index < -0.39 is 12.7 Å². The van der Waals surface area contributed by atoms with Crippen molar-refractivity contribution in [1.82, 2.24) is 4.90 Å². The number of nitrogen functional groups attached to an aromatic ring is 1. The van der Waals surface area contributed by atoms with Gasteiger partial charge in [0, 0.05) is 26.8 Å². The molecule has 0 aliphatic rings. The lowest BCUT2D eigenvalue weighted by molar-refractivity contribution is -0.119. The molecule has 1 aromatic carbocycles. The van der Waals surface area contributed by atoms with Crippen molar-refractivity contribution in [3.05, 3.63) is 23.8 Å². The second-order valence-corrected chi connectivity index (χ2v) is 4.45. The summed E-state index contributed by atoms with van der Waals surface area (Å²) in [7, 11) is 4.34. The second kappa shape index (κ2) is 5.38. The van der Waals surface area contributed by atoms with E-state index in [0.717, 1.165) is 4.90 Å². The van der Waals surface area contributed by atoms with Crippen molar-refractivity contribution in [2.24, 2.45) is 0 Å². The first-order valence-electron chi connectivity index (χ1n) is 5.51. The number of amides is 1. The summed E-state index contributed by atoms with van der Waals surface area (Å²) in [6.07, 6.45) is -4.35. The van der Waals surface area contributed by atoms with E-state index in [0.29, 0.717) is 5.69 Å². The minimum absolute atomic E-state index is 0.163. The van der Waals surface area contributed by atoms with Gasteiger partial charge in [0.05, 0.1) is 11.3 Å². The van der Waals surface area contributed by atoms with Gasteiger partial charge in [-0.15, -0.1) is 0 Å². The molecule has 1 rings (SSSR count). The van der Waals surface area contributed by atoms with Gasteiger partial charge in [-0.2, -0.15) is 13.2 Å². The quantitative estimate of drug-likeness (QED) is 0.858. The Bertz CT molecular complexity index is 472.